The Morgan fingerprint density at radius 3 is 2.50 bits per heavy atom. The Kier molecular flexibility index (Phi) is 3.69. The highest BCUT2D eigenvalue weighted by atomic mass is 16.5. The average molecular weight is 297 g/mol. The van der Waals surface area contributed by atoms with Crippen LogP contribution in [0.4, 0.5) is 5.95 Å². The van der Waals surface area contributed by atoms with Crippen molar-refractivity contribution in [1.29, 1.82) is 0 Å². The first-order valence-corrected chi connectivity index (χ1v) is 6.67. The summed E-state index contributed by atoms with van der Waals surface area (Å²) in [6, 6.07) is 11.7. The molecular formula is C15H15N5O2. The van der Waals surface area contributed by atoms with E-state index in [2.05, 4.69) is 20.1 Å². The van der Waals surface area contributed by atoms with E-state index in [1.165, 1.54) is 7.11 Å². The number of nitrogens with zero attached hydrogens (tertiary/aromatic N) is 5. The molecule has 112 valence electrons. The van der Waals surface area contributed by atoms with Gasteiger partial charge in [-0.2, -0.15) is 15.0 Å². The van der Waals surface area contributed by atoms with Crippen molar-refractivity contribution in [2.24, 2.45) is 0 Å². The Hall–Kier alpha value is -2.96. The lowest BCUT2D eigenvalue weighted by Gasteiger charge is -2.10. The second-order valence-corrected chi connectivity index (χ2v) is 4.78. The van der Waals surface area contributed by atoms with Crippen molar-refractivity contribution in [1.82, 2.24) is 20.1 Å². The molecule has 0 radical (unpaired) electrons. The van der Waals surface area contributed by atoms with Gasteiger partial charge in [-0.05, 0) is 0 Å². The van der Waals surface area contributed by atoms with Crippen molar-refractivity contribution >= 4 is 5.95 Å². The third-order valence-electron chi connectivity index (χ3n) is 2.98. The fraction of sp³-hybridized carbons (Fsp3) is 0.200. The summed E-state index contributed by atoms with van der Waals surface area (Å²) >= 11 is 0. The molecule has 3 aromatic rings. The second-order valence-electron chi connectivity index (χ2n) is 4.78. The largest absolute Gasteiger partial charge is 0.467 e. The van der Waals surface area contributed by atoms with Gasteiger partial charge in [-0.25, -0.2) is 0 Å². The highest BCUT2D eigenvalue weighted by molar-refractivity contribution is 5.63. The Bertz CT molecular complexity index is 771. The van der Waals surface area contributed by atoms with Crippen molar-refractivity contribution in [3.05, 3.63) is 36.4 Å². The first-order valence-electron chi connectivity index (χ1n) is 6.67. The van der Waals surface area contributed by atoms with E-state index in [4.69, 9.17) is 9.26 Å². The van der Waals surface area contributed by atoms with Crippen LogP contribution in [0.25, 0.3) is 22.8 Å². The summed E-state index contributed by atoms with van der Waals surface area (Å²) in [6.45, 7) is 0. The van der Waals surface area contributed by atoms with Gasteiger partial charge < -0.3 is 14.2 Å². The fourth-order valence-electron chi connectivity index (χ4n) is 1.87. The van der Waals surface area contributed by atoms with Gasteiger partial charge in [0.2, 0.25) is 5.95 Å². The van der Waals surface area contributed by atoms with Gasteiger partial charge in [-0.1, -0.05) is 35.5 Å². The zero-order chi connectivity index (χ0) is 15.5. The number of aromatic nitrogens is 4. The molecule has 2 heterocycles. The second kappa shape index (κ2) is 5.80. The van der Waals surface area contributed by atoms with Crippen LogP contribution in [0, 0.1) is 0 Å². The maximum atomic E-state index is 5.37. The van der Waals surface area contributed by atoms with Gasteiger partial charge in [-0.3, -0.25) is 0 Å². The van der Waals surface area contributed by atoms with E-state index < -0.39 is 0 Å². The highest BCUT2D eigenvalue weighted by Gasteiger charge is 2.15. The molecule has 0 saturated carbocycles. The lowest BCUT2D eigenvalue weighted by atomic mass is 10.1. The number of rotatable bonds is 4. The number of benzene rings is 1. The van der Waals surface area contributed by atoms with E-state index in [1.54, 1.807) is 11.0 Å². The predicted molar refractivity (Wildman–Crippen MR) is 81.6 cm³/mol. The Morgan fingerprint density at radius 1 is 1.05 bits per heavy atom. The maximum Gasteiger partial charge on any atom is 0.321 e. The van der Waals surface area contributed by atoms with Crippen LogP contribution in [-0.4, -0.2) is 41.3 Å². The van der Waals surface area contributed by atoms with Gasteiger partial charge in [0.05, 0.1) is 7.11 Å². The van der Waals surface area contributed by atoms with Crippen LogP contribution >= 0.6 is 0 Å². The van der Waals surface area contributed by atoms with Crippen LogP contribution < -0.4 is 9.64 Å². The molecule has 7 heteroatoms. The SMILES string of the molecule is COc1nc(-c2cc(-c3ccccc3)on2)nc(N(C)C)n1. The summed E-state index contributed by atoms with van der Waals surface area (Å²) < 4.78 is 10.5. The molecule has 0 unspecified atom stereocenters. The summed E-state index contributed by atoms with van der Waals surface area (Å²) in [5.74, 6) is 1.55. The van der Waals surface area contributed by atoms with E-state index in [-0.39, 0.29) is 6.01 Å². The summed E-state index contributed by atoms with van der Waals surface area (Å²) in [7, 11) is 5.20. The van der Waals surface area contributed by atoms with Gasteiger partial charge in [0.25, 0.3) is 0 Å². The topological polar surface area (TPSA) is 77.2 Å². The van der Waals surface area contributed by atoms with Gasteiger partial charge in [0.15, 0.2) is 17.3 Å². The molecule has 0 spiro atoms. The average Bonchev–Trinajstić information content (AvgIpc) is 3.05. The van der Waals surface area contributed by atoms with Crippen LogP contribution in [-0.2, 0) is 0 Å². The molecule has 0 N–H and O–H groups in total. The molecule has 7 nitrogen and oxygen atoms in total. The Labute approximate surface area is 127 Å². The van der Waals surface area contributed by atoms with Crippen LogP contribution in [0.15, 0.2) is 40.9 Å². The van der Waals surface area contributed by atoms with Crippen LogP contribution in [0.3, 0.4) is 0 Å². The van der Waals surface area contributed by atoms with E-state index >= 15 is 0 Å². The van der Waals surface area contributed by atoms with E-state index in [0.717, 1.165) is 5.56 Å². The number of methoxy groups -OCH3 is 1. The van der Waals surface area contributed by atoms with E-state index in [9.17, 15) is 0 Å². The monoisotopic (exact) mass is 297 g/mol. The minimum atomic E-state index is 0.234. The molecule has 0 saturated heterocycles. The van der Waals surface area contributed by atoms with Gasteiger partial charge in [0, 0.05) is 25.7 Å². The van der Waals surface area contributed by atoms with Crippen LogP contribution in [0.2, 0.25) is 0 Å². The lowest BCUT2D eigenvalue weighted by molar-refractivity contribution is 0.378. The number of ether oxygens (including phenoxy) is 1. The van der Waals surface area contributed by atoms with Crippen LogP contribution in [0.5, 0.6) is 6.01 Å². The van der Waals surface area contributed by atoms with Crippen molar-refractivity contribution in [2.75, 3.05) is 26.1 Å². The van der Waals surface area contributed by atoms with E-state index in [0.29, 0.717) is 23.2 Å². The van der Waals surface area contributed by atoms with Crippen molar-refractivity contribution in [2.45, 2.75) is 0 Å². The molecule has 1 aromatic carbocycles. The van der Waals surface area contributed by atoms with Gasteiger partial charge in [-0.15, -0.1) is 0 Å². The van der Waals surface area contributed by atoms with E-state index in [1.807, 2.05) is 44.4 Å². The first kappa shape index (κ1) is 14.0. The minimum Gasteiger partial charge on any atom is -0.467 e. The molecular weight excluding hydrogens is 282 g/mol. The molecule has 0 atom stereocenters. The molecule has 0 aliphatic heterocycles. The summed E-state index contributed by atoms with van der Waals surface area (Å²) in [4.78, 5) is 14.5. The zero-order valence-electron chi connectivity index (χ0n) is 12.5. The van der Waals surface area contributed by atoms with Gasteiger partial charge in [0.1, 0.15) is 0 Å². The lowest BCUT2D eigenvalue weighted by Crippen LogP contribution is -2.14. The molecule has 0 amide bonds. The van der Waals surface area contributed by atoms with Crippen LogP contribution in [0.1, 0.15) is 0 Å². The third kappa shape index (κ3) is 2.73. The number of hydrogen-bond acceptors (Lipinski definition) is 7. The molecule has 22 heavy (non-hydrogen) atoms. The normalized spacial score (nSPS) is 10.5. The zero-order valence-corrected chi connectivity index (χ0v) is 12.5. The molecule has 0 aliphatic rings. The molecule has 0 aliphatic carbocycles. The molecule has 3 rings (SSSR count). The van der Waals surface area contributed by atoms with Crippen molar-refractivity contribution < 1.29 is 9.26 Å². The maximum absolute atomic E-state index is 5.37. The summed E-state index contributed by atoms with van der Waals surface area (Å²) in [5, 5.41) is 4.04. The Balaban J connectivity index is 2.01. The Morgan fingerprint density at radius 2 is 1.82 bits per heavy atom. The predicted octanol–water partition coefficient (Wildman–Crippen LogP) is 2.27. The fourth-order valence-corrected chi connectivity index (χ4v) is 1.87. The number of anilines is 1. The molecule has 0 fully saturated rings. The number of hydrogen-bond donors (Lipinski definition) is 0. The standard InChI is InChI=1S/C15H15N5O2/c1-20(2)14-16-13(17-15(18-14)21-3)11-9-12(22-19-11)10-7-5-4-6-8-10/h4-9H,1-3H3. The van der Waals surface area contributed by atoms with Gasteiger partial charge >= 0.3 is 6.01 Å². The highest BCUT2D eigenvalue weighted by Crippen LogP contribution is 2.25. The minimum absolute atomic E-state index is 0.234. The quantitative estimate of drug-likeness (QED) is 0.731. The summed E-state index contributed by atoms with van der Waals surface area (Å²) in [5.41, 5.74) is 1.47. The smallest absolute Gasteiger partial charge is 0.321 e. The molecule has 0 bridgehead atoms. The first-order chi connectivity index (χ1) is 10.7. The van der Waals surface area contributed by atoms with Crippen molar-refractivity contribution in [3.63, 3.8) is 0 Å². The molecule has 2 aromatic heterocycles. The third-order valence-corrected chi connectivity index (χ3v) is 2.98. The van der Waals surface area contributed by atoms with Crippen molar-refractivity contribution in [3.8, 4) is 28.9 Å². The summed E-state index contributed by atoms with van der Waals surface area (Å²) in [6.07, 6.45) is 0.